The van der Waals surface area contributed by atoms with Crippen LogP contribution in [0, 0.1) is 0 Å². The van der Waals surface area contributed by atoms with Gasteiger partial charge in [-0.15, -0.1) is 5.10 Å². The lowest BCUT2D eigenvalue weighted by Crippen LogP contribution is -2.61. The van der Waals surface area contributed by atoms with Crippen molar-refractivity contribution in [3.63, 3.8) is 0 Å². The molecule has 0 amide bonds. The molecule has 5 heterocycles. The molecule has 0 aliphatic carbocycles. The molecule has 154 valence electrons. The first-order valence-electron chi connectivity index (χ1n) is 10.4. The molecule has 0 radical (unpaired) electrons. The van der Waals surface area contributed by atoms with E-state index in [4.69, 9.17) is 0 Å². The maximum absolute atomic E-state index is 10.5. The minimum absolute atomic E-state index is 0.112. The van der Waals surface area contributed by atoms with E-state index in [1.165, 1.54) is 24.8 Å². The van der Waals surface area contributed by atoms with Gasteiger partial charge in [0, 0.05) is 35.7 Å². The van der Waals surface area contributed by atoms with Crippen molar-refractivity contribution in [1.29, 1.82) is 0 Å². The molecule has 2 fully saturated rings. The topological polar surface area (TPSA) is 88.8 Å². The lowest BCUT2D eigenvalue weighted by molar-refractivity contribution is 0.124. The molecule has 3 aromatic heterocycles. The largest absolute Gasteiger partial charge is 0.507 e. The number of imidazole rings is 1. The fourth-order valence-electron chi connectivity index (χ4n) is 5.09. The van der Waals surface area contributed by atoms with Crippen LogP contribution in [0.1, 0.15) is 51.6 Å². The van der Waals surface area contributed by atoms with Gasteiger partial charge in [0.15, 0.2) is 0 Å². The first-order chi connectivity index (χ1) is 14.4. The first kappa shape index (κ1) is 18.9. The predicted molar refractivity (Wildman–Crippen MR) is 115 cm³/mol. The van der Waals surface area contributed by atoms with Crippen molar-refractivity contribution in [2.75, 3.05) is 0 Å². The molecule has 0 saturated carbocycles. The Labute approximate surface area is 175 Å². The quantitative estimate of drug-likeness (QED) is 0.691. The smallest absolute Gasteiger partial charge is 0.141 e. The van der Waals surface area contributed by atoms with E-state index in [1.54, 1.807) is 35.6 Å². The van der Waals surface area contributed by atoms with Gasteiger partial charge in [-0.3, -0.25) is 4.57 Å². The SMILES string of the molecule is C[C@]12CCC[C@](C)(C/C(=C\c3ccc(-c4cnc(-n5ccnc5)cc4O)nn3)C1)N2. The number of fused-ring (bicyclic) bond motifs is 2. The zero-order chi connectivity index (χ0) is 20.8. The average Bonchev–Trinajstić information content (AvgIpc) is 3.22. The third-order valence-electron chi connectivity index (χ3n) is 6.24. The molecule has 2 N–H and O–H groups in total. The zero-order valence-corrected chi connectivity index (χ0v) is 17.3. The number of piperidine rings is 2. The number of hydrogen-bond acceptors (Lipinski definition) is 6. The number of nitrogens with one attached hydrogen (secondary N) is 1. The summed E-state index contributed by atoms with van der Waals surface area (Å²) >= 11 is 0. The van der Waals surface area contributed by atoms with Crippen LogP contribution in [0.2, 0.25) is 0 Å². The molecule has 2 saturated heterocycles. The molecule has 2 bridgehead atoms. The summed E-state index contributed by atoms with van der Waals surface area (Å²) in [5.74, 6) is 0.711. The molecule has 7 heteroatoms. The summed E-state index contributed by atoms with van der Waals surface area (Å²) in [4.78, 5) is 8.40. The van der Waals surface area contributed by atoms with Crippen LogP contribution in [0.15, 0.2) is 48.7 Å². The maximum Gasteiger partial charge on any atom is 0.141 e. The van der Waals surface area contributed by atoms with Crippen molar-refractivity contribution >= 4 is 6.08 Å². The summed E-state index contributed by atoms with van der Waals surface area (Å²) in [6, 6.07) is 5.45. The van der Waals surface area contributed by atoms with E-state index in [9.17, 15) is 5.11 Å². The van der Waals surface area contributed by atoms with Gasteiger partial charge in [-0.05, 0) is 64.2 Å². The fourth-order valence-corrected chi connectivity index (χ4v) is 5.09. The summed E-state index contributed by atoms with van der Waals surface area (Å²) in [5, 5.41) is 23.1. The van der Waals surface area contributed by atoms with Gasteiger partial charge >= 0.3 is 0 Å². The molecule has 2 aliphatic heterocycles. The summed E-state index contributed by atoms with van der Waals surface area (Å²) in [6.07, 6.45) is 14.7. The Morgan fingerprint density at radius 1 is 1.13 bits per heavy atom. The molecule has 0 unspecified atom stereocenters. The van der Waals surface area contributed by atoms with Crippen LogP contribution >= 0.6 is 0 Å². The zero-order valence-electron chi connectivity index (χ0n) is 17.3. The fraction of sp³-hybridized carbons (Fsp3) is 0.391. The highest BCUT2D eigenvalue weighted by atomic mass is 16.3. The predicted octanol–water partition coefficient (Wildman–Crippen LogP) is 3.90. The summed E-state index contributed by atoms with van der Waals surface area (Å²) in [6.45, 7) is 4.66. The van der Waals surface area contributed by atoms with Crippen molar-refractivity contribution in [2.45, 2.75) is 57.0 Å². The molecule has 0 aromatic carbocycles. The molecule has 3 aromatic rings. The van der Waals surface area contributed by atoms with Gasteiger partial charge in [-0.25, -0.2) is 9.97 Å². The second-order valence-electron chi connectivity index (χ2n) is 9.13. The molecular formula is C23H26N6O. The van der Waals surface area contributed by atoms with Gasteiger partial charge in [0.25, 0.3) is 0 Å². The Morgan fingerprint density at radius 3 is 2.57 bits per heavy atom. The van der Waals surface area contributed by atoms with Gasteiger partial charge in [0.2, 0.25) is 0 Å². The van der Waals surface area contributed by atoms with Crippen LogP contribution < -0.4 is 5.32 Å². The lowest BCUT2D eigenvalue weighted by Gasteiger charge is -2.51. The Kier molecular flexibility index (Phi) is 4.43. The molecule has 30 heavy (non-hydrogen) atoms. The van der Waals surface area contributed by atoms with Crippen molar-refractivity contribution in [3.8, 4) is 22.8 Å². The molecular weight excluding hydrogens is 376 g/mol. The minimum atomic E-state index is 0.112. The van der Waals surface area contributed by atoms with Gasteiger partial charge in [-0.1, -0.05) is 5.57 Å². The second kappa shape index (κ2) is 7.02. The van der Waals surface area contributed by atoms with E-state index in [1.807, 2.05) is 12.1 Å². The van der Waals surface area contributed by atoms with Gasteiger partial charge in [0.1, 0.15) is 17.9 Å². The molecule has 5 rings (SSSR count). The van der Waals surface area contributed by atoms with E-state index >= 15 is 0 Å². The molecule has 2 atom stereocenters. The molecule has 0 spiro atoms. The number of hydrogen-bond donors (Lipinski definition) is 2. The van der Waals surface area contributed by atoms with E-state index in [2.05, 4.69) is 45.4 Å². The van der Waals surface area contributed by atoms with E-state index < -0.39 is 0 Å². The monoisotopic (exact) mass is 402 g/mol. The highest BCUT2D eigenvalue weighted by molar-refractivity contribution is 5.67. The van der Waals surface area contributed by atoms with E-state index in [0.29, 0.717) is 17.1 Å². The third-order valence-corrected chi connectivity index (χ3v) is 6.24. The Balaban J connectivity index is 1.38. The Bertz CT molecular complexity index is 1070. The summed E-state index contributed by atoms with van der Waals surface area (Å²) in [7, 11) is 0. The summed E-state index contributed by atoms with van der Waals surface area (Å²) < 4.78 is 1.74. The molecule has 2 aliphatic rings. The van der Waals surface area contributed by atoms with Crippen LogP contribution in [-0.4, -0.2) is 40.9 Å². The van der Waals surface area contributed by atoms with E-state index in [0.717, 1.165) is 18.5 Å². The average molecular weight is 403 g/mol. The first-order valence-corrected chi connectivity index (χ1v) is 10.4. The van der Waals surface area contributed by atoms with Crippen LogP contribution in [0.4, 0.5) is 0 Å². The second-order valence-corrected chi connectivity index (χ2v) is 9.13. The van der Waals surface area contributed by atoms with Gasteiger partial charge in [0.05, 0.1) is 17.0 Å². The highest BCUT2D eigenvalue weighted by Crippen LogP contribution is 2.42. The normalized spacial score (nSPS) is 27.3. The number of aromatic nitrogens is 5. The minimum Gasteiger partial charge on any atom is -0.507 e. The van der Waals surface area contributed by atoms with Crippen LogP contribution in [0.3, 0.4) is 0 Å². The van der Waals surface area contributed by atoms with Crippen molar-refractivity contribution < 1.29 is 5.11 Å². The van der Waals surface area contributed by atoms with Gasteiger partial charge < -0.3 is 10.4 Å². The van der Waals surface area contributed by atoms with Crippen LogP contribution in [0.5, 0.6) is 5.75 Å². The third kappa shape index (κ3) is 3.61. The Morgan fingerprint density at radius 2 is 1.93 bits per heavy atom. The maximum atomic E-state index is 10.5. The number of pyridine rings is 1. The molecule has 7 nitrogen and oxygen atoms in total. The van der Waals surface area contributed by atoms with Crippen LogP contribution in [0.25, 0.3) is 23.2 Å². The highest BCUT2D eigenvalue weighted by Gasteiger charge is 2.43. The number of aromatic hydroxyl groups is 1. The van der Waals surface area contributed by atoms with Gasteiger partial charge in [-0.2, -0.15) is 5.10 Å². The van der Waals surface area contributed by atoms with Crippen molar-refractivity contribution in [3.05, 3.63) is 54.4 Å². The Hall–Kier alpha value is -3.06. The number of rotatable bonds is 3. The number of nitrogens with zero attached hydrogens (tertiary/aromatic N) is 5. The van der Waals surface area contributed by atoms with E-state index in [-0.39, 0.29) is 16.8 Å². The standard InChI is InChI=1S/C23H26N6O/c1-22-6-3-7-23(2,28-22)13-16(12-22)10-17-4-5-19(27-26-17)18-14-25-21(11-20(18)30)29-9-8-24-15-29/h4-5,8-11,14-15,28H,3,6-7,12-13H2,1-2H3,(H,25,30)/b16-10-/t22-,23+/m0/s1. The van der Waals surface area contributed by atoms with Crippen LogP contribution in [-0.2, 0) is 0 Å². The lowest BCUT2D eigenvalue weighted by atomic mass is 9.69. The van der Waals surface area contributed by atoms with Crippen molar-refractivity contribution in [1.82, 2.24) is 30.0 Å². The van der Waals surface area contributed by atoms with Crippen molar-refractivity contribution in [2.24, 2.45) is 0 Å². The summed E-state index contributed by atoms with van der Waals surface area (Å²) in [5.41, 5.74) is 3.79.